The van der Waals surface area contributed by atoms with E-state index in [9.17, 15) is 9.90 Å². The van der Waals surface area contributed by atoms with Gasteiger partial charge < -0.3 is 25.6 Å². The summed E-state index contributed by atoms with van der Waals surface area (Å²) in [5.74, 6) is 1.94. The summed E-state index contributed by atoms with van der Waals surface area (Å²) in [5.41, 5.74) is 6.84. The molecule has 5 atom stereocenters. The van der Waals surface area contributed by atoms with Gasteiger partial charge in [0.1, 0.15) is 11.5 Å². The highest BCUT2D eigenvalue weighted by Crippen LogP contribution is 2.47. The molecule has 1 aromatic rings. The van der Waals surface area contributed by atoms with Gasteiger partial charge in [-0.25, -0.2) is 0 Å². The number of nitrogens with one attached hydrogen (secondary N) is 1. The zero-order valence-corrected chi connectivity index (χ0v) is 14.2. The highest BCUT2D eigenvalue weighted by atomic mass is 16.5. The van der Waals surface area contributed by atoms with E-state index in [-0.39, 0.29) is 24.4 Å². The predicted molar refractivity (Wildman–Crippen MR) is 89.8 cm³/mol. The molecule has 0 aliphatic heterocycles. The molecule has 5 unspecified atom stereocenters. The largest absolute Gasteiger partial charge is 0.497 e. The molecule has 2 fully saturated rings. The molecule has 0 aromatic heterocycles. The summed E-state index contributed by atoms with van der Waals surface area (Å²) < 4.78 is 10.4. The minimum Gasteiger partial charge on any atom is -0.497 e. The van der Waals surface area contributed by atoms with Crippen molar-refractivity contribution in [2.24, 2.45) is 23.5 Å². The van der Waals surface area contributed by atoms with Crippen molar-refractivity contribution in [2.45, 2.75) is 31.4 Å². The Morgan fingerprint density at radius 1 is 1.25 bits per heavy atom. The van der Waals surface area contributed by atoms with Crippen LogP contribution in [0.5, 0.6) is 11.5 Å². The van der Waals surface area contributed by atoms with Crippen molar-refractivity contribution >= 4 is 5.91 Å². The summed E-state index contributed by atoms with van der Waals surface area (Å²) in [6.07, 6.45) is 2.47. The molecule has 2 aliphatic carbocycles. The molecule has 2 saturated carbocycles. The number of rotatable bonds is 6. The van der Waals surface area contributed by atoms with E-state index in [2.05, 4.69) is 5.32 Å². The van der Waals surface area contributed by atoms with Crippen molar-refractivity contribution in [3.63, 3.8) is 0 Å². The van der Waals surface area contributed by atoms with Crippen molar-refractivity contribution in [3.8, 4) is 11.5 Å². The third kappa shape index (κ3) is 3.21. The lowest BCUT2D eigenvalue weighted by atomic mass is 9.84. The van der Waals surface area contributed by atoms with Crippen LogP contribution in [0.1, 0.15) is 30.9 Å². The fourth-order valence-corrected chi connectivity index (χ4v) is 4.18. The number of aliphatic hydroxyl groups is 1. The third-order valence-corrected chi connectivity index (χ3v) is 5.51. The van der Waals surface area contributed by atoms with Crippen molar-refractivity contribution in [2.75, 3.05) is 20.8 Å². The van der Waals surface area contributed by atoms with E-state index in [1.807, 2.05) is 0 Å². The van der Waals surface area contributed by atoms with Gasteiger partial charge >= 0.3 is 0 Å². The highest BCUT2D eigenvalue weighted by Gasteiger charge is 2.48. The predicted octanol–water partition coefficient (Wildman–Crippen LogP) is 1.23. The Kier molecular flexibility index (Phi) is 4.96. The number of nitrogens with two attached hydrogens (primary N) is 1. The van der Waals surface area contributed by atoms with Crippen molar-refractivity contribution in [1.29, 1.82) is 0 Å². The molecule has 24 heavy (non-hydrogen) atoms. The van der Waals surface area contributed by atoms with Gasteiger partial charge in [0.15, 0.2) is 0 Å². The molecule has 0 saturated heterocycles. The average Bonchev–Trinajstić information content (AvgIpc) is 3.19. The van der Waals surface area contributed by atoms with Crippen LogP contribution < -0.4 is 20.5 Å². The summed E-state index contributed by atoms with van der Waals surface area (Å²) >= 11 is 0. The van der Waals surface area contributed by atoms with E-state index >= 15 is 0 Å². The molecule has 6 heteroatoms. The first-order valence-electron chi connectivity index (χ1n) is 8.47. The maximum absolute atomic E-state index is 12.5. The quantitative estimate of drug-likeness (QED) is 0.727. The van der Waals surface area contributed by atoms with E-state index in [0.717, 1.165) is 19.3 Å². The van der Waals surface area contributed by atoms with Gasteiger partial charge in [-0.15, -0.1) is 0 Å². The molecule has 132 valence electrons. The van der Waals surface area contributed by atoms with Gasteiger partial charge in [-0.05, 0) is 48.8 Å². The van der Waals surface area contributed by atoms with Crippen molar-refractivity contribution in [3.05, 3.63) is 23.8 Å². The Morgan fingerprint density at radius 2 is 1.88 bits per heavy atom. The Morgan fingerprint density at radius 3 is 2.42 bits per heavy atom. The number of aliphatic hydroxyl groups excluding tert-OH is 1. The fraction of sp³-hybridized carbons (Fsp3) is 0.611. The summed E-state index contributed by atoms with van der Waals surface area (Å²) in [6.45, 7) is 0.149. The normalized spacial score (nSPS) is 29.3. The topological polar surface area (TPSA) is 93.8 Å². The van der Waals surface area contributed by atoms with E-state index < -0.39 is 6.10 Å². The van der Waals surface area contributed by atoms with Crippen LogP contribution in [0.15, 0.2) is 18.2 Å². The molecule has 2 bridgehead atoms. The standard InChI is InChI=1S/C18H26N2O4/c1-23-13-6-12(7-14(8-13)24-2)15(21)9-20-18(22)16-10-3-4-11(5-10)17(16)19/h6-8,10-11,15-17,21H,3-5,9,19H2,1-2H3,(H,20,22). The lowest BCUT2D eigenvalue weighted by Crippen LogP contribution is -2.46. The van der Waals surface area contributed by atoms with Gasteiger partial charge in [-0.1, -0.05) is 0 Å². The van der Waals surface area contributed by atoms with Crippen LogP contribution in [0.4, 0.5) is 0 Å². The number of hydrogen-bond acceptors (Lipinski definition) is 5. The molecule has 1 aromatic carbocycles. The van der Waals surface area contributed by atoms with E-state index in [0.29, 0.717) is 28.9 Å². The van der Waals surface area contributed by atoms with Gasteiger partial charge in [-0.2, -0.15) is 0 Å². The number of fused-ring (bicyclic) bond motifs is 2. The molecule has 0 radical (unpaired) electrons. The number of methoxy groups -OCH3 is 2. The molecule has 1 amide bonds. The number of ether oxygens (including phenoxy) is 2. The average molecular weight is 334 g/mol. The van der Waals surface area contributed by atoms with Gasteiger partial charge in [0.2, 0.25) is 5.91 Å². The number of carbonyl (C=O) groups excluding carboxylic acids is 1. The zero-order valence-electron chi connectivity index (χ0n) is 14.2. The van der Waals surface area contributed by atoms with E-state index in [4.69, 9.17) is 15.2 Å². The molecule has 0 heterocycles. The van der Waals surface area contributed by atoms with Crippen molar-refractivity contribution in [1.82, 2.24) is 5.32 Å². The van der Waals surface area contributed by atoms with Crippen LogP contribution in [-0.4, -0.2) is 37.8 Å². The number of amides is 1. The SMILES string of the molecule is COc1cc(OC)cc(C(O)CNC(=O)C2C3CCC(C3)C2N)c1. The molecule has 0 spiro atoms. The maximum atomic E-state index is 12.5. The minimum absolute atomic E-state index is 0.0383. The molecule has 4 N–H and O–H groups in total. The molecule has 2 aliphatic rings. The first-order valence-corrected chi connectivity index (χ1v) is 8.47. The maximum Gasteiger partial charge on any atom is 0.225 e. The van der Waals surface area contributed by atoms with E-state index in [1.165, 1.54) is 0 Å². The summed E-state index contributed by atoms with van der Waals surface area (Å²) in [7, 11) is 3.12. The Bertz CT molecular complexity index is 582. The Balaban J connectivity index is 1.61. The lowest BCUT2D eigenvalue weighted by molar-refractivity contribution is -0.127. The zero-order chi connectivity index (χ0) is 17.3. The van der Waals surface area contributed by atoms with Crippen molar-refractivity contribution < 1.29 is 19.4 Å². The van der Waals surface area contributed by atoms with Crippen LogP contribution in [0.3, 0.4) is 0 Å². The van der Waals surface area contributed by atoms with Crippen LogP contribution in [0.2, 0.25) is 0 Å². The van der Waals surface area contributed by atoms with Crippen LogP contribution in [0.25, 0.3) is 0 Å². The summed E-state index contributed by atoms with van der Waals surface area (Å²) in [5, 5.41) is 13.3. The number of carbonyl (C=O) groups is 1. The monoisotopic (exact) mass is 334 g/mol. The van der Waals surface area contributed by atoms with Gasteiger partial charge in [0, 0.05) is 18.7 Å². The third-order valence-electron chi connectivity index (χ3n) is 5.51. The lowest BCUT2D eigenvalue weighted by Gasteiger charge is -2.27. The second kappa shape index (κ2) is 6.99. The van der Waals surface area contributed by atoms with Gasteiger partial charge in [0.05, 0.1) is 26.2 Å². The van der Waals surface area contributed by atoms with Crippen LogP contribution in [-0.2, 0) is 4.79 Å². The smallest absolute Gasteiger partial charge is 0.225 e. The molecular weight excluding hydrogens is 308 g/mol. The van der Waals surface area contributed by atoms with Gasteiger partial charge in [-0.3, -0.25) is 4.79 Å². The highest BCUT2D eigenvalue weighted by molar-refractivity contribution is 5.80. The summed E-state index contributed by atoms with van der Waals surface area (Å²) in [4.78, 5) is 12.5. The second-order valence-electron chi connectivity index (χ2n) is 6.84. The second-order valence-corrected chi connectivity index (χ2v) is 6.84. The molecule has 6 nitrogen and oxygen atoms in total. The van der Waals surface area contributed by atoms with E-state index in [1.54, 1.807) is 32.4 Å². The summed E-state index contributed by atoms with van der Waals surface area (Å²) in [6, 6.07) is 5.17. The number of hydrogen-bond donors (Lipinski definition) is 3. The molecule has 3 rings (SSSR count). The van der Waals surface area contributed by atoms with Crippen LogP contribution in [0, 0.1) is 17.8 Å². The first-order chi connectivity index (χ1) is 11.5. The fourth-order valence-electron chi connectivity index (χ4n) is 4.18. The Hall–Kier alpha value is -1.79. The molecular formula is C18H26N2O4. The van der Waals surface area contributed by atoms with Gasteiger partial charge in [0.25, 0.3) is 0 Å². The number of benzene rings is 1. The minimum atomic E-state index is -0.826. The van der Waals surface area contributed by atoms with Crippen LogP contribution >= 0.6 is 0 Å². The first kappa shape index (κ1) is 17.0. The Labute approximate surface area is 142 Å².